The van der Waals surface area contributed by atoms with Crippen LogP contribution in [0, 0.1) is 0 Å². The van der Waals surface area contributed by atoms with E-state index in [4.69, 9.17) is 17.7 Å². The van der Waals surface area contributed by atoms with Crippen LogP contribution in [-0.4, -0.2) is 40.9 Å². The second-order valence-electron chi connectivity index (χ2n) is 3.58. The minimum atomic E-state index is 0.164. The van der Waals surface area contributed by atoms with Gasteiger partial charge in [-0.05, 0) is 23.7 Å². The largest absolute Gasteiger partial charge is 0.378 e. The van der Waals surface area contributed by atoms with E-state index in [1.165, 1.54) is 4.52 Å². The second-order valence-corrected chi connectivity index (χ2v) is 3.92. The first-order valence-electron chi connectivity index (χ1n) is 5.60. The van der Waals surface area contributed by atoms with E-state index in [9.17, 15) is 0 Å². The van der Waals surface area contributed by atoms with Crippen LogP contribution in [0.2, 0.25) is 5.28 Å². The molecule has 0 aliphatic carbocycles. The zero-order valence-corrected chi connectivity index (χ0v) is 9.31. The zero-order valence-electron chi connectivity index (χ0n) is 9.56. The predicted molar refractivity (Wildman–Crippen MR) is 61.0 cm³/mol. The molecule has 16 heavy (non-hydrogen) atoms. The SMILES string of the molecule is [2H]c1c(N2CCOCC2)ccc2nc(Cl)nn12. The van der Waals surface area contributed by atoms with Crippen LogP contribution in [0.15, 0.2) is 18.3 Å². The Morgan fingerprint density at radius 1 is 1.38 bits per heavy atom. The van der Waals surface area contributed by atoms with Gasteiger partial charge in [-0.25, -0.2) is 4.52 Å². The van der Waals surface area contributed by atoms with Gasteiger partial charge in [0.15, 0.2) is 5.65 Å². The zero-order chi connectivity index (χ0) is 11.8. The first-order chi connectivity index (χ1) is 8.25. The normalized spacial score (nSPS) is 17.8. The van der Waals surface area contributed by atoms with Gasteiger partial charge in [0.1, 0.15) is 0 Å². The molecule has 84 valence electrons. The highest BCUT2D eigenvalue weighted by molar-refractivity contribution is 6.28. The molecule has 0 spiro atoms. The van der Waals surface area contributed by atoms with E-state index in [0.717, 1.165) is 18.8 Å². The van der Waals surface area contributed by atoms with Crippen molar-refractivity contribution in [3.63, 3.8) is 0 Å². The van der Waals surface area contributed by atoms with Gasteiger partial charge in [0, 0.05) is 13.1 Å². The molecule has 1 fully saturated rings. The Morgan fingerprint density at radius 2 is 2.19 bits per heavy atom. The first kappa shape index (κ1) is 8.78. The molecule has 1 saturated heterocycles. The summed E-state index contributed by atoms with van der Waals surface area (Å²) in [5.74, 6) is 0. The Kier molecular flexibility index (Phi) is 2.15. The van der Waals surface area contributed by atoms with Crippen molar-refractivity contribution in [3.8, 4) is 0 Å². The lowest BCUT2D eigenvalue weighted by Gasteiger charge is -2.28. The average Bonchev–Trinajstić information content (AvgIpc) is 2.72. The Morgan fingerprint density at radius 3 is 3.00 bits per heavy atom. The molecule has 0 N–H and O–H groups in total. The van der Waals surface area contributed by atoms with Crippen molar-refractivity contribution < 1.29 is 6.11 Å². The summed E-state index contributed by atoms with van der Waals surface area (Å²) < 4.78 is 14.9. The lowest BCUT2D eigenvalue weighted by molar-refractivity contribution is 0.122. The number of hydrogen-bond donors (Lipinski definition) is 0. The molecular formula is C10H11ClN4O. The van der Waals surface area contributed by atoms with E-state index >= 15 is 0 Å². The molecule has 0 amide bonds. The highest BCUT2D eigenvalue weighted by Crippen LogP contribution is 2.17. The summed E-state index contributed by atoms with van der Waals surface area (Å²) in [5, 5.41) is 4.16. The Balaban J connectivity index is 2.06. The quantitative estimate of drug-likeness (QED) is 0.751. The fourth-order valence-corrected chi connectivity index (χ4v) is 1.93. The number of anilines is 1. The monoisotopic (exact) mass is 239 g/mol. The van der Waals surface area contributed by atoms with Crippen LogP contribution in [0.5, 0.6) is 0 Å². The van der Waals surface area contributed by atoms with E-state index in [-0.39, 0.29) is 5.28 Å². The smallest absolute Gasteiger partial charge is 0.243 e. The molecule has 2 aromatic rings. The van der Waals surface area contributed by atoms with Gasteiger partial charge in [0.2, 0.25) is 5.28 Å². The fraction of sp³-hybridized carbons (Fsp3) is 0.400. The Labute approximate surface area is 99.0 Å². The second kappa shape index (κ2) is 3.92. The van der Waals surface area contributed by atoms with Crippen LogP contribution < -0.4 is 4.90 Å². The maximum Gasteiger partial charge on any atom is 0.243 e. The molecule has 2 aromatic heterocycles. The summed E-state index contributed by atoms with van der Waals surface area (Å²) in [6, 6.07) is 3.70. The Bertz CT molecular complexity index is 552. The average molecular weight is 240 g/mol. The summed E-state index contributed by atoms with van der Waals surface area (Å²) in [5.41, 5.74) is 1.43. The van der Waals surface area contributed by atoms with E-state index in [1.807, 2.05) is 12.1 Å². The topological polar surface area (TPSA) is 42.7 Å². The third-order valence-electron chi connectivity index (χ3n) is 2.57. The molecule has 0 aromatic carbocycles. The van der Waals surface area contributed by atoms with Crippen molar-refractivity contribution in [1.82, 2.24) is 14.6 Å². The van der Waals surface area contributed by atoms with Gasteiger partial charge in [0.25, 0.3) is 0 Å². The fourth-order valence-electron chi connectivity index (χ4n) is 1.77. The van der Waals surface area contributed by atoms with Crippen LogP contribution in [0.25, 0.3) is 5.65 Å². The van der Waals surface area contributed by atoms with Gasteiger partial charge in [-0.1, -0.05) is 0 Å². The van der Waals surface area contributed by atoms with Crippen molar-refractivity contribution in [3.05, 3.63) is 23.6 Å². The molecule has 3 heterocycles. The van der Waals surface area contributed by atoms with Gasteiger partial charge in [-0.3, -0.25) is 0 Å². The molecule has 3 rings (SSSR count). The number of aromatic nitrogens is 3. The molecule has 0 atom stereocenters. The maximum absolute atomic E-state index is 8.11. The number of halogens is 1. The van der Waals surface area contributed by atoms with Crippen LogP contribution >= 0.6 is 11.6 Å². The lowest BCUT2D eigenvalue weighted by Crippen LogP contribution is -2.36. The lowest BCUT2D eigenvalue weighted by atomic mass is 10.3. The molecule has 1 aliphatic rings. The highest BCUT2D eigenvalue weighted by Gasteiger charge is 2.12. The van der Waals surface area contributed by atoms with Gasteiger partial charge in [-0.2, -0.15) is 4.98 Å². The summed E-state index contributed by atoms with van der Waals surface area (Å²) in [7, 11) is 0. The summed E-state index contributed by atoms with van der Waals surface area (Å²) in [6.45, 7) is 2.96. The molecular weight excluding hydrogens is 228 g/mol. The summed E-state index contributed by atoms with van der Waals surface area (Å²) in [6.07, 6.45) is 0.309. The standard InChI is InChI=1S/C10H11ClN4O/c11-10-12-9-2-1-8(7-15(9)13-10)14-3-5-16-6-4-14/h1-2,7H,3-6H2/i7D. The minimum Gasteiger partial charge on any atom is -0.378 e. The highest BCUT2D eigenvalue weighted by atomic mass is 35.5. The van der Waals surface area contributed by atoms with Crippen LogP contribution in [-0.2, 0) is 4.74 Å². The predicted octanol–water partition coefficient (Wildman–Crippen LogP) is 1.22. The number of hydrogen-bond acceptors (Lipinski definition) is 4. The number of fused-ring (bicyclic) bond motifs is 1. The van der Waals surface area contributed by atoms with Gasteiger partial charge >= 0.3 is 0 Å². The summed E-state index contributed by atoms with van der Waals surface area (Å²) >= 11 is 5.73. The molecule has 0 saturated carbocycles. The Hall–Kier alpha value is -1.33. The van der Waals surface area contributed by atoms with E-state index in [1.54, 1.807) is 0 Å². The summed E-state index contributed by atoms with van der Waals surface area (Å²) in [4.78, 5) is 6.13. The van der Waals surface area contributed by atoms with Crippen LogP contribution in [0.3, 0.4) is 0 Å². The molecule has 0 bridgehead atoms. The van der Waals surface area contributed by atoms with Gasteiger partial charge < -0.3 is 9.64 Å². The molecule has 0 radical (unpaired) electrons. The molecule has 0 unspecified atom stereocenters. The van der Waals surface area contributed by atoms with Crippen molar-refractivity contribution in [2.45, 2.75) is 0 Å². The van der Waals surface area contributed by atoms with Crippen molar-refractivity contribution in [2.24, 2.45) is 0 Å². The van der Waals surface area contributed by atoms with Crippen LogP contribution in [0.4, 0.5) is 5.69 Å². The maximum atomic E-state index is 8.11. The van der Waals surface area contributed by atoms with Crippen molar-refractivity contribution >= 4 is 22.9 Å². The van der Waals surface area contributed by atoms with Gasteiger partial charge in [0.05, 0.1) is 26.4 Å². The van der Waals surface area contributed by atoms with Crippen molar-refractivity contribution in [1.29, 1.82) is 0 Å². The molecule has 6 heteroatoms. The number of rotatable bonds is 1. The molecule has 5 nitrogen and oxygen atoms in total. The van der Waals surface area contributed by atoms with Gasteiger partial charge in [-0.15, -0.1) is 5.10 Å². The van der Waals surface area contributed by atoms with Crippen LogP contribution in [0.1, 0.15) is 1.37 Å². The number of pyridine rings is 1. The minimum absolute atomic E-state index is 0.164. The molecule has 1 aliphatic heterocycles. The van der Waals surface area contributed by atoms with E-state index in [2.05, 4.69) is 15.0 Å². The third-order valence-corrected chi connectivity index (χ3v) is 2.73. The van der Waals surface area contributed by atoms with E-state index < -0.39 is 0 Å². The first-order valence-corrected chi connectivity index (χ1v) is 5.48. The number of nitrogens with zero attached hydrogens (tertiary/aromatic N) is 4. The van der Waals surface area contributed by atoms with E-state index in [0.29, 0.717) is 25.0 Å². The van der Waals surface area contributed by atoms with Crippen molar-refractivity contribution in [2.75, 3.05) is 31.2 Å². The number of morpholine rings is 1. The third kappa shape index (κ3) is 1.72. The number of ether oxygens (including phenoxy) is 1.